The molecule has 0 bridgehead atoms. The Kier molecular flexibility index (Phi) is 7.03. The van der Waals surface area contributed by atoms with Gasteiger partial charge in [-0.05, 0) is 31.3 Å². The second kappa shape index (κ2) is 9.52. The van der Waals surface area contributed by atoms with E-state index >= 15 is 0 Å². The number of carbonyl (C=O) groups excluding carboxylic acids is 1. The van der Waals surface area contributed by atoms with Gasteiger partial charge in [0.15, 0.2) is 0 Å². The Balaban J connectivity index is 1.72. The van der Waals surface area contributed by atoms with Gasteiger partial charge in [-0.3, -0.25) is 9.63 Å². The quantitative estimate of drug-likeness (QED) is 0.650. The molecule has 1 fully saturated rings. The summed E-state index contributed by atoms with van der Waals surface area (Å²) in [6.45, 7) is 3.96. The number of anilines is 1. The van der Waals surface area contributed by atoms with Crippen molar-refractivity contribution in [3.8, 4) is 0 Å². The van der Waals surface area contributed by atoms with Crippen molar-refractivity contribution in [2.24, 2.45) is 0 Å². The lowest BCUT2D eigenvalue weighted by molar-refractivity contribution is -0.0258. The molecule has 0 atom stereocenters. The van der Waals surface area contributed by atoms with Gasteiger partial charge in [0, 0.05) is 57.1 Å². The summed E-state index contributed by atoms with van der Waals surface area (Å²) >= 11 is 0. The SMILES string of the molecule is CON(C)S(=O)(=O)c1cccc(C(=O)NCc2cccnc2N2CCN(C)CC2)c1. The molecular weight excluding hydrogens is 406 g/mol. The first-order valence-corrected chi connectivity index (χ1v) is 11.1. The van der Waals surface area contributed by atoms with Crippen LogP contribution in [0.15, 0.2) is 47.5 Å². The first-order valence-electron chi connectivity index (χ1n) is 9.61. The Morgan fingerprint density at radius 1 is 1.20 bits per heavy atom. The highest BCUT2D eigenvalue weighted by atomic mass is 32.2. The Bertz CT molecular complexity index is 990. The zero-order valence-corrected chi connectivity index (χ0v) is 18.2. The van der Waals surface area contributed by atoms with Crippen LogP contribution in [-0.2, 0) is 21.4 Å². The first kappa shape index (κ1) is 22.2. The third-order valence-corrected chi connectivity index (χ3v) is 6.78. The van der Waals surface area contributed by atoms with Crippen molar-refractivity contribution >= 4 is 21.7 Å². The highest BCUT2D eigenvalue weighted by molar-refractivity contribution is 7.89. The van der Waals surface area contributed by atoms with Crippen LogP contribution in [0.25, 0.3) is 0 Å². The number of hydroxylamine groups is 1. The molecule has 1 aromatic carbocycles. The highest BCUT2D eigenvalue weighted by Crippen LogP contribution is 2.19. The van der Waals surface area contributed by atoms with Gasteiger partial charge >= 0.3 is 0 Å². The number of piperazine rings is 1. The standard InChI is InChI=1S/C20H27N5O4S/c1-23-10-12-25(13-11-23)19-17(7-5-9-21-19)15-22-20(26)16-6-4-8-18(14-16)30(27,28)24(2)29-3/h4-9,14H,10-13,15H2,1-3H3,(H,22,26). The number of likely N-dealkylation sites (N-methyl/N-ethyl adjacent to an activating group) is 1. The third-order valence-electron chi connectivity index (χ3n) is 5.10. The highest BCUT2D eigenvalue weighted by Gasteiger charge is 2.22. The molecule has 1 N–H and O–H groups in total. The van der Waals surface area contributed by atoms with Gasteiger partial charge in [0.05, 0.1) is 12.0 Å². The lowest BCUT2D eigenvalue weighted by atomic mass is 10.2. The molecule has 3 rings (SSSR count). The van der Waals surface area contributed by atoms with Gasteiger partial charge in [-0.15, -0.1) is 0 Å². The molecule has 0 unspecified atom stereocenters. The van der Waals surface area contributed by atoms with Crippen molar-refractivity contribution in [2.75, 3.05) is 52.3 Å². The number of carbonyl (C=O) groups is 1. The average molecular weight is 434 g/mol. The van der Waals surface area contributed by atoms with Crippen molar-refractivity contribution in [1.29, 1.82) is 0 Å². The predicted octanol–water partition coefficient (Wildman–Crippen LogP) is 0.945. The number of benzene rings is 1. The number of hydrogen-bond acceptors (Lipinski definition) is 7. The molecule has 0 saturated carbocycles. The lowest BCUT2D eigenvalue weighted by Gasteiger charge is -2.34. The minimum atomic E-state index is -3.83. The van der Waals surface area contributed by atoms with E-state index in [1.165, 1.54) is 32.4 Å². The second-order valence-electron chi connectivity index (χ2n) is 7.08. The zero-order valence-electron chi connectivity index (χ0n) is 17.4. The monoisotopic (exact) mass is 433 g/mol. The molecule has 0 radical (unpaired) electrons. The van der Waals surface area contributed by atoms with E-state index in [2.05, 4.69) is 27.1 Å². The number of aromatic nitrogens is 1. The molecule has 1 amide bonds. The van der Waals surface area contributed by atoms with Crippen molar-refractivity contribution < 1.29 is 18.0 Å². The maximum absolute atomic E-state index is 12.7. The zero-order chi connectivity index (χ0) is 21.7. The molecule has 30 heavy (non-hydrogen) atoms. The van der Waals surface area contributed by atoms with E-state index in [1.807, 2.05) is 12.1 Å². The summed E-state index contributed by atoms with van der Waals surface area (Å²) < 4.78 is 25.6. The molecule has 2 aromatic rings. The van der Waals surface area contributed by atoms with Crippen LogP contribution in [-0.4, -0.2) is 76.1 Å². The van der Waals surface area contributed by atoms with E-state index in [1.54, 1.807) is 12.3 Å². The van der Waals surface area contributed by atoms with Crippen LogP contribution in [0.4, 0.5) is 5.82 Å². The molecule has 1 aromatic heterocycles. The van der Waals surface area contributed by atoms with Crippen LogP contribution in [0.5, 0.6) is 0 Å². The molecule has 10 heteroatoms. The summed E-state index contributed by atoms with van der Waals surface area (Å²) in [7, 11) is 0.825. The van der Waals surface area contributed by atoms with E-state index in [0.717, 1.165) is 42.0 Å². The van der Waals surface area contributed by atoms with Gasteiger partial charge in [0.1, 0.15) is 5.82 Å². The summed E-state index contributed by atoms with van der Waals surface area (Å²) in [5.41, 5.74) is 1.17. The van der Waals surface area contributed by atoms with E-state index in [9.17, 15) is 13.2 Å². The minimum Gasteiger partial charge on any atom is -0.354 e. The van der Waals surface area contributed by atoms with Crippen molar-refractivity contribution in [1.82, 2.24) is 19.7 Å². The normalized spacial score (nSPS) is 15.4. The number of pyridine rings is 1. The fourth-order valence-corrected chi connectivity index (χ4v) is 4.21. The molecule has 1 aliphatic rings. The number of hydrogen-bond donors (Lipinski definition) is 1. The molecular formula is C20H27N5O4S. The Labute approximate surface area is 177 Å². The smallest absolute Gasteiger partial charge is 0.264 e. The van der Waals surface area contributed by atoms with Gasteiger partial charge < -0.3 is 15.1 Å². The maximum atomic E-state index is 12.7. The van der Waals surface area contributed by atoms with Gasteiger partial charge in [0.25, 0.3) is 15.9 Å². The molecule has 1 aliphatic heterocycles. The number of amides is 1. The van der Waals surface area contributed by atoms with Crippen molar-refractivity contribution in [3.63, 3.8) is 0 Å². The number of sulfonamides is 1. The van der Waals surface area contributed by atoms with Gasteiger partial charge in [0.2, 0.25) is 0 Å². The summed E-state index contributed by atoms with van der Waals surface area (Å²) in [6, 6.07) is 9.65. The predicted molar refractivity (Wildman–Crippen MR) is 114 cm³/mol. The summed E-state index contributed by atoms with van der Waals surface area (Å²) in [5.74, 6) is 0.504. The number of nitrogens with one attached hydrogen (secondary N) is 1. The summed E-state index contributed by atoms with van der Waals surface area (Å²) in [6.07, 6.45) is 1.75. The van der Waals surface area contributed by atoms with Crippen molar-refractivity contribution in [3.05, 3.63) is 53.7 Å². The maximum Gasteiger partial charge on any atom is 0.264 e. The first-order chi connectivity index (χ1) is 14.3. The number of rotatable bonds is 7. The fraction of sp³-hybridized carbons (Fsp3) is 0.400. The second-order valence-corrected chi connectivity index (χ2v) is 9.02. The van der Waals surface area contributed by atoms with Crippen LogP contribution in [0.2, 0.25) is 0 Å². The lowest BCUT2D eigenvalue weighted by Crippen LogP contribution is -2.45. The van der Waals surface area contributed by atoms with Crippen molar-refractivity contribution in [2.45, 2.75) is 11.4 Å². The van der Waals surface area contributed by atoms with Gasteiger partial charge in [-0.25, -0.2) is 13.4 Å². The van der Waals surface area contributed by atoms with Crippen LogP contribution < -0.4 is 10.2 Å². The van der Waals surface area contributed by atoms with Gasteiger partial charge in [-0.2, -0.15) is 0 Å². The van der Waals surface area contributed by atoms with Crippen LogP contribution in [0.1, 0.15) is 15.9 Å². The molecule has 0 spiro atoms. The van der Waals surface area contributed by atoms with E-state index in [-0.39, 0.29) is 16.4 Å². The summed E-state index contributed by atoms with van der Waals surface area (Å²) in [5, 5.41) is 2.87. The number of nitrogens with zero attached hydrogens (tertiary/aromatic N) is 4. The largest absolute Gasteiger partial charge is 0.354 e. The third kappa shape index (κ3) is 4.96. The topological polar surface area (TPSA) is 95.1 Å². The van der Waals surface area contributed by atoms with Gasteiger partial charge in [-0.1, -0.05) is 16.6 Å². The molecule has 9 nitrogen and oxygen atoms in total. The molecule has 162 valence electrons. The molecule has 0 aliphatic carbocycles. The molecule has 1 saturated heterocycles. The average Bonchev–Trinajstić information content (AvgIpc) is 2.77. The van der Waals surface area contributed by atoms with Crippen LogP contribution in [0, 0.1) is 0 Å². The van der Waals surface area contributed by atoms with Crippen LogP contribution in [0.3, 0.4) is 0 Å². The fourth-order valence-electron chi connectivity index (χ4n) is 3.19. The van der Waals surface area contributed by atoms with E-state index < -0.39 is 10.0 Å². The van der Waals surface area contributed by atoms with Crippen LogP contribution >= 0.6 is 0 Å². The summed E-state index contributed by atoms with van der Waals surface area (Å²) in [4.78, 5) is 26.4. The molecule has 2 heterocycles. The van der Waals surface area contributed by atoms with E-state index in [4.69, 9.17) is 4.84 Å². The van der Waals surface area contributed by atoms with E-state index in [0.29, 0.717) is 6.54 Å². The Morgan fingerprint density at radius 3 is 2.63 bits per heavy atom. The minimum absolute atomic E-state index is 0.0148. The Hall–Kier alpha value is -2.53. The Morgan fingerprint density at radius 2 is 1.93 bits per heavy atom.